The fraction of sp³-hybridized carbons (Fsp3) is 0.417. The minimum absolute atomic E-state index is 0.0996. The first-order valence-corrected chi connectivity index (χ1v) is 11.0. The maximum atomic E-state index is 12.8. The molecule has 3 aromatic rings. The number of nitrogens with zero attached hydrogens (tertiary/aromatic N) is 4. The Bertz CT molecular complexity index is 1130. The van der Waals surface area contributed by atoms with Crippen molar-refractivity contribution in [1.82, 2.24) is 20.0 Å². The maximum Gasteiger partial charge on any atom is 0.435 e. The molecule has 10 heteroatoms. The summed E-state index contributed by atoms with van der Waals surface area (Å²) < 4.78 is 45.7. The van der Waals surface area contributed by atoms with E-state index in [4.69, 9.17) is 4.74 Å². The van der Waals surface area contributed by atoms with Gasteiger partial charge < -0.3 is 9.84 Å². The van der Waals surface area contributed by atoms with E-state index >= 15 is 0 Å². The lowest BCUT2D eigenvalue weighted by Crippen LogP contribution is -2.10. The molecule has 2 aromatic heterocycles. The molecule has 1 N–H and O–H groups in total. The number of para-hydroxylation sites is 1. The van der Waals surface area contributed by atoms with Gasteiger partial charge in [0.15, 0.2) is 11.5 Å². The molecule has 0 atom stereocenters. The Hall–Kier alpha value is -3.43. The van der Waals surface area contributed by atoms with E-state index in [0.29, 0.717) is 30.8 Å². The molecule has 0 unspecified atom stereocenters. The van der Waals surface area contributed by atoms with Crippen molar-refractivity contribution in [3.63, 3.8) is 0 Å². The zero-order valence-electron chi connectivity index (χ0n) is 19.3. The summed E-state index contributed by atoms with van der Waals surface area (Å²) in [5, 5.41) is 20.6. The third-order valence-electron chi connectivity index (χ3n) is 5.28. The molecule has 0 spiro atoms. The molecule has 0 saturated heterocycles. The van der Waals surface area contributed by atoms with E-state index in [0.717, 1.165) is 29.3 Å². The molecule has 182 valence electrons. The van der Waals surface area contributed by atoms with Crippen molar-refractivity contribution in [2.24, 2.45) is 0 Å². The zero-order chi connectivity index (χ0) is 24.9. The normalized spacial score (nSPS) is 11.7. The van der Waals surface area contributed by atoms with Gasteiger partial charge in [-0.3, -0.25) is 4.79 Å². The van der Waals surface area contributed by atoms with E-state index in [1.54, 1.807) is 12.3 Å². The summed E-state index contributed by atoms with van der Waals surface area (Å²) in [6.45, 7) is 6.34. The number of hydrogen-bond donors (Lipinski definition) is 1. The number of aliphatic carboxylic acids is 1. The molecule has 0 aliphatic rings. The van der Waals surface area contributed by atoms with Crippen molar-refractivity contribution in [2.45, 2.75) is 58.5 Å². The molecule has 3 rings (SSSR count). The highest BCUT2D eigenvalue weighted by Gasteiger charge is 2.33. The molecule has 0 fully saturated rings. The number of alkyl halides is 3. The monoisotopic (exact) mass is 476 g/mol. The Kier molecular flexibility index (Phi) is 7.90. The third-order valence-corrected chi connectivity index (χ3v) is 5.28. The summed E-state index contributed by atoms with van der Waals surface area (Å²) in [5.41, 5.74) is 2.30. The Morgan fingerprint density at radius 2 is 1.85 bits per heavy atom. The highest BCUT2D eigenvalue weighted by molar-refractivity contribution is 5.71. The molecule has 34 heavy (non-hydrogen) atoms. The first-order chi connectivity index (χ1) is 16.1. The summed E-state index contributed by atoms with van der Waals surface area (Å²) in [4.78, 5) is 11.2. The van der Waals surface area contributed by atoms with Crippen LogP contribution in [0.3, 0.4) is 0 Å². The number of aromatic nitrogens is 4. The zero-order valence-corrected chi connectivity index (χ0v) is 19.3. The predicted molar refractivity (Wildman–Crippen MR) is 119 cm³/mol. The minimum Gasteiger partial charge on any atom is -0.493 e. The summed E-state index contributed by atoms with van der Waals surface area (Å²) in [5.74, 6) is 0.000753. The van der Waals surface area contributed by atoms with Gasteiger partial charge in [-0.1, -0.05) is 39.0 Å². The second kappa shape index (κ2) is 10.7. The van der Waals surface area contributed by atoms with E-state index in [1.807, 2.05) is 32.9 Å². The van der Waals surface area contributed by atoms with Crippen molar-refractivity contribution < 1.29 is 27.8 Å². The molecule has 0 aliphatic heterocycles. The molecular weight excluding hydrogens is 449 g/mol. The van der Waals surface area contributed by atoms with Crippen LogP contribution in [0.2, 0.25) is 0 Å². The number of carboxylic acids is 1. The number of halogens is 3. The number of ether oxygens (including phenoxy) is 1. The Morgan fingerprint density at radius 3 is 2.44 bits per heavy atom. The molecule has 0 amide bonds. The van der Waals surface area contributed by atoms with Crippen LogP contribution in [0.15, 0.2) is 36.5 Å². The van der Waals surface area contributed by atoms with Crippen LogP contribution in [-0.2, 0) is 30.2 Å². The quantitative estimate of drug-likeness (QED) is 0.414. The Labute approximate surface area is 195 Å². The number of benzene rings is 1. The van der Waals surface area contributed by atoms with Gasteiger partial charge >= 0.3 is 12.1 Å². The number of hydrogen-bond acceptors (Lipinski definition) is 5. The van der Waals surface area contributed by atoms with Gasteiger partial charge in [0.25, 0.3) is 0 Å². The average Bonchev–Trinajstić information content (AvgIpc) is 3.21. The summed E-state index contributed by atoms with van der Waals surface area (Å²) in [6, 6.07) is 7.64. The van der Waals surface area contributed by atoms with Crippen LogP contribution < -0.4 is 4.74 Å². The SMILES string of the molecule is CCc1cccc(CC(=O)O)c1OCCCc1cn(-c2ccc(C(F)(F)F)nn2)nc1C(C)C. The van der Waals surface area contributed by atoms with Gasteiger partial charge in [-0.25, -0.2) is 4.68 Å². The van der Waals surface area contributed by atoms with E-state index < -0.39 is 17.8 Å². The fourth-order valence-electron chi connectivity index (χ4n) is 3.66. The molecule has 0 radical (unpaired) electrons. The molecule has 0 aliphatic carbocycles. The number of carbonyl (C=O) groups is 1. The largest absolute Gasteiger partial charge is 0.493 e. The molecule has 0 bridgehead atoms. The Morgan fingerprint density at radius 1 is 1.12 bits per heavy atom. The van der Waals surface area contributed by atoms with Crippen LogP contribution >= 0.6 is 0 Å². The summed E-state index contributed by atoms with van der Waals surface area (Å²) >= 11 is 0. The van der Waals surface area contributed by atoms with Crippen LogP contribution in [0, 0.1) is 0 Å². The first-order valence-electron chi connectivity index (χ1n) is 11.0. The van der Waals surface area contributed by atoms with E-state index in [1.165, 1.54) is 10.7 Å². The first kappa shape index (κ1) is 25.2. The molecule has 1 aromatic carbocycles. The summed E-state index contributed by atoms with van der Waals surface area (Å²) in [7, 11) is 0. The van der Waals surface area contributed by atoms with Gasteiger partial charge in [-0.2, -0.15) is 18.3 Å². The molecule has 0 saturated carbocycles. The fourth-order valence-corrected chi connectivity index (χ4v) is 3.66. The highest BCUT2D eigenvalue weighted by atomic mass is 19.4. The van der Waals surface area contributed by atoms with Crippen molar-refractivity contribution in [1.29, 1.82) is 0 Å². The van der Waals surface area contributed by atoms with Gasteiger partial charge in [-0.15, -0.1) is 10.2 Å². The van der Waals surface area contributed by atoms with Gasteiger partial charge in [0, 0.05) is 11.8 Å². The Balaban J connectivity index is 1.71. The van der Waals surface area contributed by atoms with Crippen LogP contribution in [0.25, 0.3) is 5.82 Å². The second-order valence-electron chi connectivity index (χ2n) is 8.19. The van der Waals surface area contributed by atoms with Crippen molar-refractivity contribution in [2.75, 3.05) is 6.61 Å². The average molecular weight is 476 g/mol. The second-order valence-corrected chi connectivity index (χ2v) is 8.19. The lowest BCUT2D eigenvalue weighted by molar-refractivity contribution is -0.141. The third kappa shape index (κ3) is 6.12. The van der Waals surface area contributed by atoms with Crippen molar-refractivity contribution >= 4 is 5.97 Å². The molecular formula is C24H27F3N4O3. The lowest BCUT2D eigenvalue weighted by Gasteiger charge is -2.14. The molecule has 7 nitrogen and oxygen atoms in total. The summed E-state index contributed by atoms with van der Waals surface area (Å²) in [6.07, 6.45) is -0.908. The van der Waals surface area contributed by atoms with Gasteiger partial charge in [0.2, 0.25) is 0 Å². The number of carboxylic acid groups (broad SMARTS) is 1. The van der Waals surface area contributed by atoms with Crippen molar-refractivity contribution in [3.05, 3.63) is 64.6 Å². The van der Waals surface area contributed by atoms with Gasteiger partial charge in [-0.05, 0) is 48.4 Å². The minimum atomic E-state index is -4.55. The van der Waals surface area contributed by atoms with E-state index in [2.05, 4.69) is 15.3 Å². The number of aryl methyl sites for hydroxylation is 2. The van der Waals surface area contributed by atoms with Crippen LogP contribution in [0.4, 0.5) is 13.2 Å². The van der Waals surface area contributed by atoms with Gasteiger partial charge in [0.05, 0.1) is 18.7 Å². The molecule has 2 heterocycles. The van der Waals surface area contributed by atoms with Crippen LogP contribution in [-0.4, -0.2) is 37.7 Å². The van der Waals surface area contributed by atoms with Crippen LogP contribution in [0.5, 0.6) is 5.75 Å². The van der Waals surface area contributed by atoms with Crippen molar-refractivity contribution in [3.8, 4) is 11.6 Å². The predicted octanol–water partition coefficient (Wildman–Crippen LogP) is 5.01. The smallest absolute Gasteiger partial charge is 0.435 e. The highest BCUT2D eigenvalue weighted by Crippen LogP contribution is 2.28. The topological polar surface area (TPSA) is 90.1 Å². The van der Waals surface area contributed by atoms with Crippen LogP contribution in [0.1, 0.15) is 61.2 Å². The van der Waals surface area contributed by atoms with Gasteiger partial charge in [0.1, 0.15) is 5.75 Å². The number of rotatable bonds is 10. The van der Waals surface area contributed by atoms with E-state index in [9.17, 15) is 23.1 Å². The van der Waals surface area contributed by atoms with E-state index in [-0.39, 0.29) is 18.2 Å². The maximum absolute atomic E-state index is 12.8. The standard InChI is InChI=1S/C24H27F3N4O3/c1-4-16-7-5-8-17(13-21(32)33)23(16)34-12-6-9-18-14-31(30-22(18)15(2)3)20-11-10-19(28-29-20)24(25,26)27/h5,7-8,10-11,14-15H,4,6,9,12-13H2,1-3H3,(H,32,33). The lowest BCUT2D eigenvalue weighted by atomic mass is 10.0.